The molecule has 4 heteroatoms. The third kappa shape index (κ3) is 32.6. The van der Waals surface area contributed by atoms with E-state index in [-0.39, 0.29) is 12.5 Å². The van der Waals surface area contributed by atoms with Gasteiger partial charge in [-0.2, -0.15) is 0 Å². The lowest BCUT2D eigenvalue weighted by atomic mass is 10.0. The molecule has 0 aliphatic heterocycles. The first-order valence-electron chi connectivity index (χ1n) is 19.7. The van der Waals surface area contributed by atoms with E-state index in [1.165, 1.54) is 173 Å². The van der Waals surface area contributed by atoms with Crippen LogP contribution in [-0.4, -0.2) is 34.9 Å². The molecule has 0 radical (unpaired) electrons. The molecule has 0 spiro atoms. The molecule has 0 bridgehead atoms. The lowest BCUT2D eigenvalue weighted by Gasteiger charge is -2.22. The second-order valence-corrected chi connectivity index (χ2v) is 13.7. The van der Waals surface area contributed by atoms with Crippen molar-refractivity contribution in [1.82, 2.24) is 5.32 Å². The summed E-state index contributed by atoms with van der Waals surface area (Å²) in [6.07, 6.45) is 41.6. The first-order valence-corrected chi connectivity index (χ1v) is 19.7. The smallest absolute Gasteiger partial charge is 0.220 e. The van der Waals surface area contributed by atoms with E-state index < -0.39 is 12.1 Å². The van der Waals surface area contributed by atoms with E-state index >= 15 is 0 Å². The topological polar surface area (TPSA) is 69.6 Å². The Balaban J connectivity index is 3.50. The molecule has 2 atom stereocenters. The molecule has 0 aromatic rings. The van der Waals surface area contributed by atoms with Crippen LogP contribution in [0.15, 0.2) is 0 Å². The van der Waals surface area contributed by atoms with E-state index in [0.717, 1.165) is 25.7 Å². The van der Waals surface area contributed by atoms with E-state index in [2.05, 4.69) is 19.2 Å². The van der Waals surface area contributed by atoms with Crippen LogP contribution in [0.3, 0.4) is 0 Å². The first kappa shape index (κ1) is 42.4. The van der Waals surface area contributed by atoms with Crippen LogP contribution in [-0.2, 0) is 4.79 Å². The van der Waals surface area contributed by atoms with Gasteiger partial charge in [-0.3, -0.25) is 4.79 Å². The maximum atomic E-state index is 12.3. The normalized spacial score (nSPS) is 12.9. The van der Waals surface area contributed by atoms with Gasteiger partial charge in [-0.05, 0) is 12.8 Å². The summed E-state index contributed by atoms with van der Waals surface area (Å²) in [4.78, 5) is 12.3. The number of nitrogens with one attached hydrogen (secondary N) is 1. The van der Waals surface area contributed by atoms with Crippen molar-refractivity contribution in [1.29, 1.82) is 0 Å². The summed E-state index contributed by atoms with van der Waals surface area (Å²) in [6, 6.07) is -0.528. The summed E-state index contributed by atoms with van der Waals surface area (Å²) >= 11 is 0. The van der Waals surface area contributed by atoms with Crippen LogP contribution in [0, 0.1) is 0 Å². The molecule has 43 heavy (non-hydrogen) atoms. The summed E-state index contributed by atoms with van der Waals surface area (Å²) in [5.41, 5.74) is 0. The molecule has 3 N–H and O–H groups in total. The highest BCUT2D eigenvalue weighted by molar-refractivity contribution is 5.76. The van der Waals surface area contributed by atoms with Crippen LogP contribution in [0.1, 0.15) is 226 Å². The van der Waals surface area contributed by atoms with Crippen molar-refractivity contribution >= 4 is 5.91 Å². The SMILES string of the molecule is CCCCCCCCCCCCCCCCCCCC(=O)NC(CO)C(O)CCCCCCCCCCCCCCCC. The summed E-state index contributed by atoms with van der Waals surface area (Å²) in [5, 5.41) is 23.1. The zero-order chi connectivity index (χ0) is 31.5. The number of aliphatic hydroxyl groups is 2. The van der Waals surface area contributed by atoms with E-state index in [0.29, 0.717) is 12.8 Å². The molecule has 4 nitrogen and oxygen atoms in total. The standard InChI is InChI=1S/C39H79NO3/c1-3-5-7-9-11-13-15-17-19-20-21-23-25-27-29-31-33-35-39(43)40-37(36-41)38(42)34-32-30-28-26-24-22-18-16-14-12-10-8-6-4-2/h37-38,41-42H,3-36H2,1-2H3,(H,40,43). The molecule has 0 aliphatic rings. The number of aliphatic hydroxyl groups excluding tert-OH is 2. The van der Waals surface area contributed by atoms with Gasteiger partial charge in [0.1, 0.15) is 0 Å². The highest BCUT2D eigenvalue weighted by atomic mass is 16.3. The fourth-order valence-corrected chi connectivity index (χ4v) is 6.30. The van der Waals surface area contributed by atoms with Crippen LogP contribution in [0.2, 0.25) is 0 Å². The van der Waals surface area contributed by atoms with Crippen molar-refractivity contribution in [3.05, 3.63) is 0 Å². The fraction of sp³-hybridized carbons (Fsp3) is 0.974. The number of hydrogen-bond donors (Lipinski definition) is 3. The number of rotatable bonds is 36. The Morgan fingerprint density at radius 1 is 0.465 bits per heavy atom. The summed E-state index contributed by atoms with van der Waals surface area (Å²) in [5.74, 6) is -0.0278. The van der Waals surface area contributed by atoms with Gasteiger partial charge in [0, 0.05) is 6.42 Å². The Hall–Kier alpha value is -0.610. The Morgan fingerprint density at radius 3 is 1.05 bits per heavy atom. The Kier molecular flexibility index (Phi) is 35.4. The van der Waals surface area contributed by atoms with Crippen molar-refractivity contribution in [2.75, 3.05) is 6.61 Å². The molecule has 0 fully saturated rings. The van der Waals surface area contributed by atoms with E-state index in [9.17, 15) is 15.0 Å². The van der Waals surface area contributed by atoms with Crippen LogP contribution in [0.25, 0.3) is 0 Å². The van der Waals surface area contributed by atoms with Crippen LogP contribution in [0.4, 0.5) is 0 Å². The summed E-state index contributed by atoms with van der Waals surface area (Å²) < 4.78 is 0. The van der Waals surface area contributed by atoms with Crippen LogP contribution in [0.5, 0.6) is 0 Å². The molecule has 1 amide bonds. The fourth-order valence-electron chi connectivity index (χ4n) is 6.30. The van der Waals surface area contributed by atoms with Gasteiger partial charge in [0.05, 0.1) is 18.8 Å². The summed E-state index contributed by atoms with van der Waals surface area (Å²) in [6.45, 7) is 4.37. The monoisotopic (exact) mass is 610 g/mol. The predicted octanol–water partition coefficient (Wildman–Crippen LogP) is 11.7. The highest BCUT2D eigenvalue weighted by Gasteiger charge is 2.19. The quantitative estimate of drug-likeness (QED) is 0.0619. The van der Waals surface area contributed by atoms with E-state index in [1.807, 2.05) is 0 Å². The third-order valence-electron chi connectivity index (χ3n) is 9.37. The number of unbranched alkanes of at least 4 members (excludes halogenated alkanes) is 29. The lowest BCUT2D eigenvalue weighted by molar-refractivity contribution is -0.123. The van der Waals surface area contributed by atoms with Crippen molar-refractivity contribution in [2.24, 2.45) is 0 Å². The first-order chi connectivity index (χ1) is 21.2. The van der Waals surface area contributed by atoms with Crippen LogP contribution >= 0.6 is 0 Å². The molecule has 0 aromatic carbocycles. The largest absolute Gasteiger partial charge is 0.394 e. The second kappa shape index (κ2) is 35.9. The van der Waals surface area contributed by atoms with Crippen molar-refractivity contribution in [3.63, 3.8) is 0 Å². The van der Waals surface area contributed by atoms with Gasteiger partial charge in [0.2, 0.25) is 5.91 Å². The van der Waals surface area contributed by atoms with Gasteiger partial charge >= 0.3 is 0 Å². The molecule has 0 aliphatic carbocycles. The lowest BCUT2D eigenvalue weighted by Crippen LogP contribution is -2.45. The molecule has 2 unspecified atom stereocenters. The Labute approximate surface area is 270 Å². The van der Waals surface area contributed by atoms with Crippen molar-refractivity contribution in [2.45, 2.75) is 238 Å². The molecule has 0 heterocycles. The van der Waals surface area contributed by atoms with Gasteiger partial charge in [-0.15, -0.1) is 0 Å². The number of amides is 1. The minimum Gasteiger partial charge on any atom is -0.394 e. The number of carbonyl (C=O) groups is 1. The molecule has 0 rings (SSSR count). The zero-order valence-corrected chi connectivity index (χ0v) is 29.5. The maximum absolute atomic E-state index is 12.3. The van der Waals surface area contributed by atoms with Gasteiger partial charge in [-0.1, -0.05) is 206 Å². The molecule has 0 aromatic heterocycles. The van der Waals surface area contributed by atoms with E-state index in [1.54, 1.807) is 0 Å². The molecular formula is C39H79NO3. The third-order valence-corrected chi connectivity index (χ3v) is 9.37. The maximum Gasteiger partial charge on any atom is 0.220 e. The highest BCUT2D eigenvalue weighted by Crippen LogP contribution is 2.16. The van der Waals surface area contributed by atoms with Gasteiger partial charge in [-0.25, -0.2) is 0 Å². The minimum absolute atomic E-state index is 0.0278. The molecular weight excluding hydrogens is 530 g/mol. The Bertz CT molecular complexity index is 541. The molecule has 0 saturated carbocycles. The van der Waals surface area contributed by atoms with Crippen molar-refractivity contribution < 1.29 is 15.0 Å². The Morgan fingerprint density at radius 2 is 0.744 bits per heavy atom. The number of hydrogen-bond acceptors (Lipinski definition) is 3. The second-order valence-electron chi connectivity index (χ2n) is 13.7. The van der Waals surface area contributed by atoms with Gasteiger partial charge < -0.3 is 15.5 Å². The zero-order valence-electron chi connectivity index (χ0n) is 29.5. The average Bonchev–Trinajstić information content (AvgIpc) is 3.01. The van der Waals surface area contributed by atoms with Gasteiger partial charge in [0.15, 0.2) is 0 Å². The number of carbonyl (C=O) groups excluding carboxylic acids is 1. The van der Waals surface area contributed by atoms with E-state index in [4.69, 9.17) is 0 Å². The van der Waals surface area contributed by atoms with Gasteiger partial charge in [0.25, 0.3) is 0 Å². The van der Waals surface area contributed by atoms with Crippen LogP contribution < -0.4 is 5.32 Å². The molecule has 258 valence electrons. The minimum atomic E-state index is -0.651. The average molecular weight is 610 g/mol. The molecule has 0 saturated heterocycles. The predicted molar refractivity (Wildman–Crippen MR) is 189 cm³/mol. The van der Waals surface area contributed by atoms with Crippen molar-refractivity contribution in [3.8, 4) is 0 Å². The summed E-state index contributed by atoms with van der Waals surface area (Å²) in [7, 11) is 0.